The van der Waals surface area contributed by atoms with Crippen molar-refractivity contribution in [1.82, 2.24) is 0 Å². The van der Waals surface area contributed by atoms with Crippen LogP contribution in [0.1, 0.15) is 20.3 Å². The van der Waals surface area contributed by atoms with Crippen LogP contribution in [0.5, 0.6) is 0 Å². The molecule has 1 unspecified atom stereocenters. The van der Waals surface area contributed by atoms with Crippen molar-refractivity contribution in [3.63, 3.8) is 0 Å². The zero-order valence-electron chi connectivity index (χ0n) is 8.66. The van der Waals surface area contributed by atoms with E-state index < -0.39 is 10.7 Å². The maximum absolute atomic E-state index is 12.6. The van der Waals surface area contributed by atoms with E-state index in [-0.39, 0.29) is 5.82 Å². The predicted octanol–water partition coefficient (Wildman–Crippen LogP) is 3.17. The summed E-state index contributed by atoms with van der Waals surface area (Å²) in [5.41, 5.74) is 0. The molecule has 0 saturated heterocycles. The molecule has 1 rings (SSSR count). The number of carboxylic acid groups (broad SMARTS) is 1. The Morgan fingerprint density at radius 3 is 2.40 bits per heavy atom. The third-order valence-electron chi connectivity index (χ3n) is 2.28. The number of rotatable bonds is 4. The number of carbonyl (C=O) groups is 1. The van der Waals surface area contributed by atoms with Crippen molar-refractivity contribution in [3.8, 4) is 0 Å². The molecule has 0 aromatic heterocycles. The summed E-state index contributed by atoms with van der Waals surface area (Å²) >= 11 is 1.24. The lowest BCUT2D eigenvalue weighted by Gasteiger charge is -2.22. The van der Waals surface area contributed by atoms with Gasteiger partial charge in [0, 0.05) is 4.90 Å². The third kappa shape index (κ3) is 2.96. The molecule has 0 bridgehead atoms. The number of carboxylic acids is 1. The normalized spacial score (nSPS) is 14.6. The SMILES string of the molecule is CCC(C)(Sc1ccc(F)cc1)C(=O)O. The van der Waals surface area contributed by atoms with Crippen LogP contribution in [0, 0.1) is 5.82 Å². The Balaban J connectivity index is 2.84. The molecule has 0 fully saturated rings. The molecule has 1 aromatic rings. The number of hydrogen-bond donors (Lipinski definition) is 1. The minimum Gasteiger partial charge on any atom is -0.480 e. The maximum Gasteiger partial charge on any atom is 0.319 e. The van der Waals surface area contributed by atoms with Crippen LogP contribution in [0.3, 0.4) is 0 Å². The third-order valence-corrected chi connectivity index (χ3v) is 3.71. The van der Waals surface area contributed by atoms with Gasteiger partial charge in [0.05, 0.1) is 0 Å². The molecule has 4 heteroatoms. The van der Waals surface area contributed by atoms with Gasteiger partial charge in [-0.2, -0.15) is 0 Å². The second-order valence-electron chi connectivity index (χ2n) is 3.45. The van der Waals surface area contributed by atoms with Gasteiger partial charge in [-0.25, -0.2) is 4.39 Å². The van der Waals surface area contributed by atoms with E-state index in [2.05, 4.69) is 0 Å². The van der Waals surface area contributed by atoms with Crippen LogP contribution in [-0.4, -0.2) is 15.8 Å². The van der Waals surface area contributed by atoms with Crippen molar-refractivity contribution in [1.29, 1.82) is 0 Å². The predicted molar refractivity (Wildman–Crippen MR) is 58.6 cm³/mol. The number of halogens is 1. The summed E-state index contributed by atoms with van der Waals surface area (Å²) in [4.78, 5) is 11.8. The van der Waals surface area contributed by atoms with Crippen molar-refractivity contribution in [2.24, 2.45) is 0 Å². The number of benzene rings is 1. The van der Waals surface area contributed by atoms with Gasteiger partial charge in [0.2, 0.25) is 0 Å². The van der Waals surface area contributed by atoms with Gasteiger partial charge in [0.25, 0.3) is 0 Å². The quantitative estimate of drug-likeness (QED) is 0.804. The fourth-order valence-corrected chi connectivity index (χ4v) is 2.05. The average Bonchev–Trinajstić information content (AvgIpc) is 2.21. The van der Waals surface area contributed by atoms with E-state index in [1.54, 1.807) is 19.1 Å². The van der Waals surface area contributed by atoms with Gasteiger partial charge in [-0.15, -0.1) is 11.8 Å². The second-order valence-corrected chi connectivity index (χ2v) is 5.02. The smallest absolute Gasteiger partial charge is 0.319 e. The first-order valence-electron chi connectivity index (χ1n) is 4.66. The van der Waals surface area contributed by atoms with Crippen molar-refractivity contribution < 1.29 is 14.3 Å². The first-order valence-corrected chi connectivity index (χ1v) is 5.47. The Kier molecular flexibility index (Phi) is 3.74. The zero-order chi connectivity index (χ0) is 11.5. The second kappa shape index (κ2) is 4.66. The Morgan fingerprint density at radius 2 is 2.00 bits per heavy atom. The lowest BCUT2D eigenvalue weighted by Crippen LogP contribution is -2.30. The molecular weight excluding hydrogens is 215 g/mol. The van der Waals surface area contributed by atoms with E-state index in [4.69, 9.17) is 5.11 Å². The summed E-state index contributed by atoms with van der Waals surface area (Å²) < 4.78 is 11.8. The number of thioether (sulfide) groups is 1. The van der Waals surface area contributed by atoms with Crippen molar-refractivity contribution in [2.45, 2.75) is 29.9 Å². The highest BCUT2D eigenvalue weighted by Gasteiger charge is 2.32. The fourth-order valence-electron chi connectivity index (χ4n) is 1.03. The molecular formula is C11H13FO2S. The molecule has 15 heavy (non-hydrogen) atoms. The molecule has 1 atom stereocenters. The monoisotopic (exact) mass is 228 g/mol. The van der Waals surface area contributed by atoms with Crippen LogP contribution in [-0.2, 0) is 4.79 Å². The van der Waals surface area contributed by atoms with Gasteiger partial charge < -0.3 is 5.11 Å². The lowest BCUT2D eigenvalue weighted by molar-refractivity contribution is -0.139. The van der Waals surface area contributed by atoms with Crippen molar-refractivity contribution in [3.05, 3.63) is 30.1 Å². The first-order chi connectivity index (χ1) is 6.98. The van der Waals surface area contributed by atoms with Crippen LogP contribution < -0.4 is 0 Å². The molecule has 0 radical (unpaired) electrons. The summed E-state index contributed by atoms with van der Waals surface area (Å²) in [6, 6.07) is 5.86. The van der Waals surface area contributed by atoms with Gasteiger partial charge in [-0.05, 0) is 37.6 Å². The molecule has 0 heterocycles. The van der Waals surface area contributed by atoms with Crippen LogP contribution in [0.25, 0.3) is 0 Å². The summed E-state index contributed by atoms with van der Waals surface area (Å²) in [6.07, 6.45) is 0.518. The topological polar surface area (TPSA) is 37.3 Å². The molecule has 0 aliphatic carbocycles. The number of aliphatic carboxylic acids is 1. The summed E-state index contributed by atoms with van der Waals surface area (Å²) in [5, 5.41) is 9.05. The molecule has 2 nitrogen and oxygen atoms in total. The Morgan fingerprint density at radius 1 is 1.47 bits per heavy atom. The van der Waals surface area contributed by atoms with Crippen molar-refractivity contribution in [2.75, 3.05) is 0 Å². The Labute approximate surface area is 92.5 Å². The summed E-state index contributed by atoms with van der Waals surface area (Å²) in [6.45, 7) is 3.49. The molecule has 0 aliphatic rings. The molecule has 0 amide bonds. The Hall–Kier alpha value is -1.03. The van der Waals surface area contributed by atoms with Crippen LogP contribution in [0.2, 0.25) is 0 Å². The molecule has 1 aromatic carbocycles. The summed E-state index contributed by atoms with van der Waals surface area (Å²) in [7, 11) is 0. The standard InChI is InChI=1S/C11H13FO2S/c1-3-11(2,10(13)14)15-9-6-4-8(12)5-7-9/h4-7H,3H2,1-2H3,(H,13,14). The molecule has 0 aliphatic heterocycles. The minimum atomic E-state index is -0.849. The van der Waals surface area contributed by atoms with Crippen LogP contribution >= 0.6 is 11.8 Å². The number of hydrogen-bond acceptors (Lipinski definition) is 2. The lowest BCUT2D eigenvalue weighted by atomic mass is 10.1. The van der Waals surface area contributed by atoms with Crippen LogP contribution in [0.4, 0.5) is 4.39 Å². The molecule has 82 valence electrons. The van der Waals surface area contributed by atoms with E-state index in [1.807, 2.05) is 6.92 Å². The van der Waals surface area contributed by atoms with Gasteiger partial charge in [-0.1, -0.05) is 6.92 Å². The van der Waals surface area contributed by atoms with E-state index in [1.165, 1.54) is 23.9 Å². The zero-order valence-corrected chi connectivity index (χ0v) is 9.47. The van der Waals surface area contributed by atoms with Gasteiger partial charge in [0.1, 0.15) is 10.6 Å². The molecule has 1 N–H and O–H groups in total. The van der Waals surface area contributed by atoms with E-state index in [0.29, 0.717) is 6.42 Å². The van der Waals surface area contributed by atoms with Crippen molar-refractivity contribution >= 4 is 17.7 Å². The molecule has 0 spiro atoms. The average molecular weight is 228 g/mol. The minimum absolute atomic E-state index is 0.312. The fraction of sp³-hybridized carbons (Fsp3) is 0.364. The van der Waals surface area contributed by atoms with E-state index in [0.717, 1.165) is 4.90 Å². The highest BCUT2D eigenvalue weighted by Crippen LogP contribution is 2.35. The van der Waals surface area contributed by atoms with E-state index in [9.17, 15) is 9.18 Å². The Bertz CT molecular complexity index is 350. The first kappa shape index (κ1) is 12.0. The van der Waals surface area contributed by atoms with Gasteiger partial charge >= 0.3 is 5.97 Å². The highest BCUT2D eigenvalue weighted by molar-refractivity contribution is 8.01. The summed E-state index contributed by atoms with van der Waals surface area (Å²) in [5.74, 6) is -1.16. The molecule has 0 saturated carbocycles. The largest absolute Gasteiger partial charge is 0.480 e. The maximum atomic E-state index is 12.6. The van der Waals surface area contributed by atoms with Gasteiger partial charge in [0.15, 0.2) is 0 Å². The van der Waals surface area contributed by atoms with Gasteiger partial charge in [-0.3, -0.25) is 4.79 Å². The highest BCUT2D eigenvalue weighted by atomic mass is 32.2. The van der Waals surface area contributed by atoms with Crippen LogP contribution in [0.15, 0.2) is 29.2 Å². The van der Waals surface area contributed by atoms with E-state index >= 15 is 0 Å².